The maximum atomic E-state index is 12.3. The lowest BCUT2D eigenvalue weighted by Crippen LogP contribution is -2.30. The molecule has 1 atom stereocenters. The number of ether oxygens (including phenoxy) is 1. The molecule has 0 spiro atoms. The van der Waals surface area contributed by atoms with Crippen LogP contribution in [-0.4, -0.2) is 21.8 Å². The van der Waals surface area contributed by atoms with Crippen LogP contribution >= 0.6 is 23.2 Å². The Hall–Kier alpha value is -2.50. The Balaban J connectivity index is 1.65. The molecule has 1 N–H and O–H groups in total. The highest BCUT2D eigenvalue weighted by atomic mass is 35.5. The first-order valence-electron chi connectivity index (χ1n) is 7.55. The molecular formula is C18H15Cl2N3O2. The van der Waals surface area contributed by atoms with Crippen LogP contribution in [0.5, 0.6) is 5.75 Å². The van der Waals surface area contributed by atoms with Gasteiger partial charge in [-0.3, -0.25) is 4.79 Å². The normalized spacial score (nSPS) is 11.8. The summed E-state index contributed by atoms with van der Waals surface area (Å²) in [6, 6.07) is 14.4. The van der Waals surface area contributed by atoms with E-state index in [4.69, 9.17) is 27.9 Å². The third-order valence-electron chi connectivity index (χ3n) is 3.44. The van der Waals surface area contributed by atoms with Crippen LogP contribution in [0.1, 0.15) is 6.92 Å². The van der Waals surface area contributed by atoms with Gasteiger partial charge in [-0.15, -0.1) is 0 Å². The number of carbonyl (C=O) groups excluding carboxylic acids is 1. The van der Waals surface area contributed by atoms with Crippen molar-refractivity contribution in [2.24, 2.45) is 0 Å². The number of carbonyl (C=O) groups is 1. The number of rotatable bonds is 5. The van der Waals surface area contributed by atoms with E-state index in [0.717, 1.165) is 5.69 Å². The lowest BCUT2D eigenvalue weighted by molar-refractivity contribution is -0.122. The number of halogens is 2. The molecule has 3 aromatic rings. The fraction of sp³-hybridized carbons (Fsp3) is 0.111. The van der Waals surface area contributed by atoms with E-state index in [-0.39, 0.29) is 5.91 Å². The van der Waals surface area contributed by atoms with Gasteiger partial charge in [-0.2, -0.15) is 5.10 Å². The third kappa shape index (κ3) is 4.32. The van der Waals surface area contributed by atoms with Crippen molar-refractivity contribution in [3.05, 3.63) is 71.0 Å². The molecule has 0 saturated carbocycles. The Morgan fingerprint density at radius 1 is 1.20 bits per heavy atom. The minimum Gasteiger partial charge on any atom is -0.479 e. The summed E-state index contributed by atoms with van der Waals surface area (Å²) in [5.41, 5.74) is 1.48. The second-order valence-electron chi connectivity index (χ2n) is 5.33. The molecular weight excluding hydrogens is 361 g/mol. The van der Waals surface area contributed by atoms with Gasteiger partial charge in [0.15, 0.2) is 6.10 Å². The summed E-state index contributed by atoms with van der Waals surface area (Å²) in [4.78, 5) is 12.3. The van der Waals surface area contributed by atoms with Gasteiger partial charge in [-0.1, -0.05) is 41.4 Å². The molecule has 1 aromatic heterocycles. The molecule has 0 aliphatic carbocycles. The van der Waals surface area contributed by atoms with Crippen LogP contribution in [0.2, 0.25) is 10.0 Å². The lowest BCUT2D eigenvalue weighted by Gasteiger charge is -2.15. The molecule has 0 radical (unpaired) electrons. The number of nitrogens with zero attached hydrogens (tertiary/aromatic N) is 2. The molecule has 1 unspecified atom stereocenters. The molecule has 0 saturated heterocycles. The first-order chi connectivity index (χ1) is 12.0. The van der Waals surface area contributed by atoms with E-state index in [1.54, 1.807) is 42.2 Å². The highest BCUT2D eigenvalue weighted by molar-refractivity contribution is 6.35. The number of para-hydroxylation sites is 1. The van der Waals surface area contributed by atoms with Gasteiger partial charge < -0.3 is 10.1 Å². The van der Waals surface area contributed by atoms with Crippen LogP contribution in [0.4, 0.5) is 5.69 Å². The monoisotopic (exact) mass is 375 g/mol. The zero-order valence-electron chi connectivity index (χ0n) is 13.3. The summed E-state index contributed by atoms with van der Waals surface area (Å²) in [5, 5.41) is 7.85. The van der Waals surface area contributed by atoms with Gasteiger partial charge in [-0.05, 0) is 37.3 Å². The molecule has 0 fully saturated rings. The third-order valence-corrected chi connectivity index (χ3v) is 3.97. The molecule has 0 aliphatic heterocycles. The summed E-state index contributed by atoms with van der Waals surface area (Å²) >= 11 is 11.9. The number of nitrogens with one attached hydrogen (secondary N) is 1. The van der Waals surface area contributed by atoms with Gasteiger partial charge >= 0.3 is 0 Å². The standard InChI is InChI=1S/C18H15Cl2N3O2/c1-12(25-17-8-7-13(19)9-16(17)20)18(24)22-14-10-21-23(11-14)15-5-3-2-4-6-15/h2-12H,1H3,(H,22,24). The zero-order chi connectivity index (χ0) is 17.8. The predicted molar refractivity (Wildman–Crippen MR) is 98.7 cm³/mol. The van der Waals surface area contributed by atoms with Gasteiger partial charge in [0.05, 0.1) is 28.8 Å². The number of anilines is 1. The molecule has 25 heavy (non-hydrogen) atoms. The van der Waals surface area contributed by atoms with Crippen molar-refractivity contribution in [1.82, 2.24) is 9.78 Å². The van der Waals surface area contributed by atoms with Crippen LogP contribution in [0.3, 0.4) is 0 Å². The van der Waals surface area contributed by atoms with Gasteiger partial charge in [0, 0.05) is 5.02 Å². The minimum absolute atomic E-state index is 0.307. The molecule has 5 nitrogen and oxygen atoms in total. The molecule has 0 bridgehead atoms. The smallest absolute Gasteiger partial charge is 0.265 e. The quantitative estimate of drug-likeness (QED) is 0.709. The highest BCUT2D eigenvalue weighted by Crippen LogP contribution is 2.28. The van der Waals surface area contributed by atoms with Crippen molar-refractivity contribution in [1.29, 1.82) is 0 Å². The highest BCUT2D eigenvalue weighted by Gasteiger charge is 2.17. The van der Waals surface area contributed by atoms with E-state index in [9.17, 15) is 4.79 Å². The van der Waals surface area contributed by atoms with E-state index in [2.05, 4.69) is 10.4 Å². The van der Waals surface area contributed by atoms with E-state index in [1.165, 1.54) is 0 Å². The molecule has 3 rings (SSSR count). The Labute approximate surface area is 155 Å². The van der Waals surface area contributed by atoms with Crippen molar-refractivity contribution < 1.29 is 9.53 Å². The van der Waals surface area contributed by atoms with Gasteiger partial charge in [0.1, 0.15) is 5.75 Å². The van der Waals surface area contributed by atoms with Gasteiger partial charge in [-0.25, -0.2) is 4.68 Å². The van der Waals surface area contributed by atoms with E-state index < -0.39 is 6.10 Å². The van der Waals surface area contributed by atoms with Gasteiger partial charge in [0.2, 0.25) is 0 Å². The van der Waals surface area contributed by atoms with E-state index >= 15 is 0 Å². The summed E-state index contributed by atoms with van der Waals surface area (Å²) in [6.07, 6.45) is 2.57. The Kier molecular flexibility index (Phi) is 5.26. The molecule has 7 heteroatoms. The number of hydrogen-bond acceptors (Lipinski definition) is 3. The van der Waals surface area contributed by atoms with E-state index in [1.807, 2.05) is 30.3 Å². The summed E-state index contributed by atoms with van der Waals surface area (Å²) in [6.45, 7) is 1.64. The van der Waals surface area contributed by atoms with Crippen LogP contribution in [0.15, 0.2) is 60.9 Å². The summed E-state index contributed by atoms with van der Waals surface area (Å²) < 4.78 is 7.27. The summed E-state index contributed by atoms with van der Waals surface area (Å²) in [7, 11) is 0. The SMILES string of the molecule is CC(Oc1ccc(Cl)cc1Cl)C(=O)Nc1cnn(-c2ccccc2)c1. The van der Waals surface area contributed by atoms with Crippen molar-refractivity contribution in [2.45, 2.75) is 13.0 Å². The van der Waals surface area contributed by atoms with Crippen LogP contribution in [0.25, 0.3) is 5.69 Å². The first kappa shape index (κ1) is 17.3. The largest absolute Gasteiger partial charge is 0.479 e. The fourth-order valence-electron chi connectivity index (χ4n) is 2.17. The van der Waals surface area contributed by atoms with Crippen LogP contribution < -0.4 is 10.1 Å². The molecule has 1 amide bonds. The molecule has 128 valence electrons. The van der Waals surface area contributed by atoms with Crippen molar-refractivity contribution in [3.8, 4) is 11.4 Å². The summed E-state index contributed by atoms with van der Waals surface area (Å²) in [5.74, 6) is 0.0901. The lowest BCUT2D eigenvalue weighted by atomic mass is 10.3. The minimum atomic E-state index is -0.737. The Morgan fingerprint density at radius 3 is 2.68 bits per heavy atom. The second kappa shape index (κ2) is 7.59. The van der Waals surface area contributed by atoms with Crippen molar-refractivity contribution in [3.63, 3.8) is 0 Å². The predicted octanol–water partition coefficient (Wildman–Crippen LogP) is 4.59. The van der Waals surface area contributed by atoms with Crippen LogP contribution in [0, 0.1) is 0 Å². The van der Waals surface area contributed by atoms with Crippen molar-refractivity contribution >= 4 is 34.8 Å². The number of benzene rings is 2. The number of hydrogen-bond donors (Lipinski definition) is 1. The van der Waals surface area contributed by atoms with E-state index in [0.29, 0.717) is 21.5 Å². The molecule has 1 heterocycles. The average molecular weight is 376 g/mol. The van der Waals surface area contributed by atoms with Gasteiger partial charge in [0.25, 0.3) is 5.91 Å². The van der Waals surface area contributed by atoms with Crippen molar-refractivity contribution in [2.75, 3.05) is 5.32 Å². The molecule has 2 aromatic carbocycles. The van der Waals surface area contributed by atoms with Crippen LogP contribution in [-0.2, 0) is 4.79 Å². The first-order valence-corrected chi connectivity index (χ1v) is 8.31. The fourth-order valence-corrected chi connectivity index (χ4v) is 2.62. The zero-order valence-corrected chi connectivity index (χ0v) is 14.8. The average Bonchev–Trinajstić information content (AvgIpc) is 3.06. The number of amides is 1. The topological polar surface area (TPSA) is 56.1 Å². The Bertz CT molecular complexity index is 881. The maximum Gasteiger partial charge on any atom is 0.265 e. The Morgan fingerprint density at radius 2 is 1.96 bits per heavy atom. The molecule has 0 aliphatic rings. The maximum absolute atomic E-state index is 12.3. The number of aromatic nitrogens is 2. The second-order valence-corrected chi connectivity index (χ2v) is 6.18.